The average Bonchev–Trinajstić information content (AvgIpc) is 2.81. The first kappa shape index (κ1) is 22.4. The number of anilines is 1. The molecule has 1 saturated carbocycles. The Bertz CT molecular complexity index is 1010. The second-order valence-electron chi connectivity index (χ2n) is 8.34. The van der Waals surface area contributed by atoms with E-state index in [9.17, 15) is 9.59 Å². The number of hydrogen-bond donors (Lipinski definition) is 3. The number of nitrogens with one attached hydrogen (secondary N) is 3. The lowest BCUT2D eigenvalue weighted by Gasteiger charge is -2.41. The fourth-order valence-corrected chi connectivity index (χ4v) is 5.02. The molecular weight excluding hydrogens is 430 g/mol. The Morgan fingerprint density at radius 3 is 2.69 bits per heavy atom. The number of methoxy groups -OCH3 is 2. The van der Waals surface area contributed by atoms with Crippen molar-refractivity contribution >= 4 is 29.1 Å². The largest absolute Gasteiger partial charge is 0.495 e. The van der Waals surface area contributed by atoms with Crippen molar-refractivity contribution in [2.75, 3.05) is 19.5 Å². The molecule has 3 N–H and O–H groups in total. The van der Waals surface area contributed by atoms with Crippen LogP contribution < -0.4 is 25.6 Å². The minimum atomic E-state index is -0.258. The Labute approximate surface area is 192 Å². The fraction of sp³-hybridized carbons (Fsp3) is 0.417. The molecule has 2 amide bonds. The third-order valence-electron chi connectivity index (χ3n) is 6.42. The molecular formula is C24H28ClN3O4. The van der Waals surface area contributed by atoms with Gasteiger partial charge in [-0.3, -0.25) is 15.0 Å². The second-order valence-corrected chi connectivity index (χ2v) is 8.75. The van der Waals surface area contributed by atoms with Gasteiger partial charge in [0.05, 0.1) is 24.9 Å². The zero-order valence-corrected chi connectivity index (χ0v) is 19.0. The number of amides is 2. The van der Waals surface area contributed by atoms with Crippen molar-refractivity contribution in [3.8, 4) is 11.5 Å². The molecule has 2 aromatic carbocycles. The van der Waals surface area contributed by atoms with E-state index in [1.807, 2.05) is 18.2 Å². The molecule has 170 valence electrons. The molecule has 0 aromatic heterocycles. The van der Waals surface area contributed by atoms with Crippen LogP contribution >= 0.6 is 11.6 Å². The molecule has 4 rings (SSSR count). The molecule has 0 radical (unpaired) electrons. The van der Waals surface area contributed by atoms with Gasteiger partial charge in [-0.25, -0.2) is 5.43 Å². The van der Waals surface area contributed by atoms with Crippen LogP contribution in [0.2, 0.25) is 5.02 Å². The molecule has 1 aliphatic carbocycles. The molecule has 8 heteroatoms. The Balaban J connectivity index is 1.49. The van der Waals surface area contributed by atoms with E-state index < -0.39 is 0 Å². The zero-order chi connectivity index (χ0) is 22.7. The van der Waals surface area contributed by atoms with Crippen molar-refractivity contribution in [3.05, 3.63) is 52.5 Å². The number of ether oxygens (including phenoxy) is 2. The van der Waals surface area contributed by atoms with E-state index in [1.165, 1.54) is 14.2 Å². The van der Waals surface area contributed by atoms with Crippen LogP contribution in [0.15, 0.2) is 36.4 Å². The molecule has 0 bridgehead atoms. The van der Waals surface area contributed by atoms with Crippen molar-refractivity contribution in [1.29, 1.82) is 0 Å². The van der Waals surface area contributed by atoms with Crippen LogP contribution in [0.4, 0.5) is 5.69 Å². The Hall–Kier alpha value is -2.77. The van der Waals surface area contributed by atoms with Crippen LogP contribution in [0, 0.1) is 11.8 Å². The molecule has 1 heterocycles. The van der Waals surface area contributed by atoms with Gasteiger partial charge in [0, 0.05) is 23.6 Å². The van der Waals surface area contributed by atoms with E-state index >= 15 is 0 Å². The summed E-state index contributed by atoms with van der Waals surface area (Å²) in [6.45, 7) is 0. The summed E-state index contributed by atoms with van der Waals surface area (Å²) in [6, 6.07) is 11.0. The monoisotopic (exact) mass is 457 g/mol. The summed E-state index contributed by atoms with van der Waals surface area (Å²) in [4.78, 5) is 25.2. The van der Waals surface area contributed by atoms with Crippen molar-refractivity contribution in [2.24, 2.45) is 11.8 Å². The van der Waals surface area contributed by atoms with Gasteiger partial charge in [-0.15, -0.1) is 0 Å². The first-order valence-electron chi connectivity index (χ1n) is 10.9. The van der Waals surface area contributed by atoms with Gasteiger partial charge in [-0.05, 0) is 48.9 Å². The van der Waals surface area contributed by atoms with Crippen molar-refractivity contribution in [1.82, 2.24) is 10.9 Å². The summed E-state index contributed by atoms with van der Waals surface area (Å²) in [5.74, 6) is 1.17. The quantitative estimate of drug-likeness (QED) is 0.611. The lowest BCUT2D eigenvalue weighted by molar-refractivity contribution is -0.133. The Kier molecular flexibility index (Phi) is 6.86. The van der Waals surface area contributed by atoms with E-state index in [0.717, 1.165) is 37.7 Å². The number of fused-ring (bicyclic) bond motifs is 1. The molecule has 1 saturated heterocycles. The number of benzene rings is 2. The minimum absolute atomic E-state index is 0.0776. The zero-order valence-electron chi connectivity index (χ0n) is 18.2. The molecule has 3 atom stereocenters. The standard InChI is InChI=1S/C24H28ClN3O4/c1-31-21-13-22(32-2)20(12-18(21)25)26-23(29)15-7-5-6-14(10-15)11-19-16-8-3-4-9-17(16)24(30)28-27-19/h5-7,10,12-13,16-17,19,27H,3-4,8-9,11H2,1-2H3,(H,26,29)(H,28,30). The van der Waals surface area contributed by atoms with Crippen LogP contribution in [0.1, 0.15) is 41.6 Å². The van der Waals surface area contributed by atoms with Crippen LogP contribution in [0.25, 0.3) is 0 Å². The lowest BCUT2D eigenvalue weighted by atomic mass is 9.72. The van der Waals surface area contributed by atoms with Crippen LogP contribution in [-0.2, 0) is 11.2 Å². The number of carbonyl (C=O) groups excluding carboxylic acids is 2. The highest BCUT2D eigenvalue weighted by atomic mass is 35.5. The van der Waals surface area contributed by atoms with Gasteiger partial charge in [0.25, 0.3) is 5.91 Å². The lowest BCUT2D eigenvalue weighted by Crippen LogP contribution is -2.60. The van der Waals surface area contributed by atoms with Crippen LogP contribution in [0.5, 0.6) is 11.5 Å². The molecule has 2 fully saturated rings. The van der Waals surface area contributed by atoms with Gasteiger partial charge in [-0.1, -0.05) is 36.6 Å². The van der Waals surface area contributed by atoms with Crippen LogP contribution in [0.3, 0.4) is 0 Å². The van der Waals surface area contributed by atoms with Gasteiger partial charge in [0.1, 0.15) is 11.5 Å². The van der Waals surface area contributed by atoms with Gasteiger partial charge in [0.2, 0.25) is 5.91 Å². The predicted molar refractivity (Wildman–Crippen MR) is 123 cm³/mol. The van der Waals surface area contributed by atoms with Crippen molar-refractivity contribution in [2.45, 2.75) is 38.1 Å². The minimum Gasteiger partial charge on any atom is -0.495 e. The summed E-state index contributed by atoms with van der Waals surface area (Å²) in [6.07, 6.45) is 4.99. The second kappa shape index (κ2) is 9.79. The van der Waals surface area contributed by atoms with E-state index in [1.54, 1.807) is 18.2 Å². The van der Waals surface area contributed by atoms with Crippen LogP contribution in [-0.4, -0.2) is 32.1 Å². The van der Waals surface area contributed by atoms with Crippen molar-refractivity contribution < 1.29 is 19.1 Å². The topological polar surface area (TPSA) is 88.7 Å². The van der Waals surface area contributed by atoms with Crippen molar-refractivity contribution in [3.63, 3.8) is 0 Å². The molecule has 2 aliphatic rings. The summed E-state index contributed by atoms with van der Waals surface area (Å²) >= 11 is 6.22. The predicted octanol–water partition coefficient (Wildman–Crippen LogP) is 3.96. The van der Waals surface area contributed by atoms with E-state index in [4.69, 9.17) is 21.1 Å². The van der Waals surface area contributed by atoms with E-state index in [-0.39, 0.29) is 23.8 Å². The summed E-state index contributed by atoms with van der Waals surface area (Å²) in [7, 11) is 3.04. The number of halogens is 1. The number of hydrogen-bond acceptors (Lipinski definition) is 5. The Morgan fingerprint density at radius 2 is 1.91 bits per heavy atom. The fourth-order valence-electron chi connectivity index (χ4n) is 4.78. The first-order valence-corrected chi connectivity index (χ1v) is 11.2. The van der Waals surface area contributed by atoms with Gasteiger partial charge >= 0.3 is 0 Å². The highest BCUT2D eigenvalue weighted by molar-refractivity contribution is 6.32. The molecule has 0 spiro atoms. The van der Waals surface area contributed by atoms with Gasteiger partial charge in [-0.2, -0.15) is 0 Å². The third kappa shape index (κ3) is 4.69. The molecule has 32 heavy (non-hydrogen) atoms. The highest BCUT2D eigenvalue weighted by Gasteiger charge is 2.39. The highest BCUT2D eigenvalue weighted by Crippen LogP contribution is 2.37. The van der Waals surface area contributed by atoms with E-state index in [0.29, 0.717) is 33.7 Å². The molecule has 2 aromatic rings. The normalized spacial score (nSPS) is 22.5. The molecule has 1 aliphatic heterocycles. The molecule has 7 nitrogen and oxygen atoms in total. The van der Waals surface area contributed by atoms with Gasteiger partial charge in [0.15, 0.2) is 0 Å². The summed E-state index contributed by atoms with van der Waals surface area (Å²) in [5.41, 5.74) is 8.08. The number of hydrazine groups is 1. The first-order chi connectivity index (χ1) is 15.5. The SMILES string of the molecule is COc1cc(OC)c(NC(=O)c2cccc(CC3NNC(=O)C4CCCCC34)c2)cc1Cl. The molecule has 3 unspecified atom stereocenters. The number of carbonyl (C=O) groups is 2. The number of rotatable bonds is 6. The average molecular weight is 458 g/mol. The maximum atomic E-state index is 12.9. The maximum Gasteiger partial charge on any atom is 0.255 e. The third-order valence-corrected chi connectivity index (χ3v) is 6.72. The smallest absolute Gasteiger partial charge is 0.255 e. The maximum absolute atomic E-state index is 12.9. The Morgan fingerprint density at radius 1 is 1.12 bits per heavy atom. The summed E-state index contributed by atoms with van der Waals surface area (Å²) in [5, 5.41) is 3.25. The van der Waals surface area contributed by atoms with Gasteiger partial charge < -0.3 is 14.8 Å². The van der Waals surface area contributed by atoms with E-state index in [2.05, 4.69) is 16.2 Å². The summed E-state index contributed by atoms with van der Waals surface area (Å²) < 4.78 is 10.6.